The summed E-state index contributed by atoms with van der Waals surface area (Å²) < 4.78 is 13.6. The maximum atomic E-state index is 13.6. The van der Waals surface area contributed by atoms with Gasteiger partial charge in [0.15, 0.2) is 5.69 Å². The first-order valence-corrected chi connectivity index (χ1v) is 10.1. The minimum atomic E-state index is -0.400. The van der Waals surface area contributed by atoms with Crippen molar-refractivity contribution in [1.29, 1.82) is 0 Å². The van der Waals surface area contributed by atoms with Crippen molar-refractivity contribution in [2.75, 3.05) is 33.2 Å². The fraction of sp³-hybridized carbons (Fsp3) is 0.364. The number of fused-ring (bicyclic) bond motifs is 1. The van der Waals surface area contributed by atoms with Crippen LogP contribution in [-0.4, -0.2) is 70.3 Å². The van der Waals surface area contributed by atoms with Crippen molar-refractivity contribution in [1.82, 2.24) is 25.3 Å². The second-order valence-corrected chi connectivity index (χ2v) is 7.91. The molecule has 2 heterocycles. The number of aromatic amines is 1. The van der Waals surface area contributed by atoms with Crippen LogP contribution in [0.1, 0.15) is 21.6 Å². The van der Waals surface area contributed by atoms with Gasteiger partial charge in [0.2, 0.25) is 0 Å². The zero-order valence-corrected chi connectivity index (χ0v) is 16.9. The van der Waals surface area contributed by atoms with Gasteiger partial charge in [0.05, 0.1) is 18.2 Å². The minimum Gasteiger partial charge on any atom is -0.392 e. The van der Waals surface area contributed by atoms with Gasteiger partial charge in [-0.15, -0.1) is 0 Å². The summed E-state index contributed by atoms with van der Waals surface area (Å²) in [5.74, 6) is -0.710. The average molecular weight is 411 g/mol. The Morgan fingerprint density at radius 1 is 1.23 bits per heavy atom. The van der Waals surface area contributed by atoms with Crippen molar-refractivity contribution in [2.45, 2.75) is 19.2 Å². The van der Waals surface area contributed by atoms with Crippen LogP contribution in [0.2, 0.25) is 0 Å². The van der Waals surface area contributed by atoms with Gasteiger partial charge in [0.1, 0.15) is 5.82 Å². The number of benzene rings is 2. The van der Waals surface area contributed by atoms with E-state index >= 15 is 0 Å². The molecule has 1 fully saturated rings. The van der Waals surface area contributed by atoms with Crippen LogP contribution in [0.5, 0.6) is 0 Å². The molecule has 0 spiro atoms. The summed E-state index contributed by atoms with van der Waals surface area (Å²) in [5, 5.41) is 19.8. The second kappa shape index (κ2) is 8.91. The summed E-state index contributed by atoms with van der Waals surface area (Å²) in [6.45, 7) is 3.94. The van der Waals surface area contributed by atoms with E-state index in [1.54, 1.807) is 6.07 Å². The van der Waals surface area contributed by atoms with Crippen LogP contribution in [0.3, 0.4) is 0 Å². The minimum absolute atomic E-state index is 0.0213. The number of rotatable bonds is 5. The fourth-order valence-corrected chi connectivity index (χ4v) is 3.97. The molecular formula is C22H26FN5O2. The molecule has 4 rings (SSSR count). The van der Waals surface area contributed by atoms with E-state index in [0.717, 1.165) is 37.3 Å². The SMILES string of the molecule is CN1CCN(Cc2cccc(CO)c2)CC(NC(=O)c2n[nH]c3ccc(F)cc23)C1. The van der Waals surface area contributed by atoms with Crippen LogP contribution in [-0.2, 0) is 13.2 Å². The lowest BCUT2D eigenvalue weighted by molar-refractivity contribution is 0.0920. The molecule has 1 aliphatic heterocycles. The van der Waals surface area contributed by atoms with Crippen LogP contribution in [0.25, 0.3) is 10.9 Å². The van der Waals surface area contributed by atoms with Crippen LogP contribution in [0.15, 0.2) is 42.5 Å². The molecule has 0 saturated carbocycles. The highest BCUT2D eigenvalue weighted by Crippen LogP contribution is 2.18. The number of amides is 1. The predicted molar refractivity (Wildman–Crippen MR) is 112 cm³/mol. The number of likely N-dealkylation sites (N-methyl/N-ethyl adjacent to an activating group) is 1. The Hall–Kier alpha value is -2.81. The van der Waals surface area contributed by atoms with Gasteiger partial charge in [0, 0.05) is 38.1 Å². The van der Waals surface area contributed by atoms with Crippen molar-refractivity contribution >= 4 is 16.8 Å². The number of aromatic nitrogens is 2. The first-order valence-electron chi connectivity index (χ1n) is 10.1. The van der Waals surface area contributed by atoms with Gasteiger partial charge >= 0.3 is 0 Å². The molecule has 1 aromatic heterocycles. The molecule has 2 aromatic carbocycles. The van der Waals surface area contributed by atoms with E-state index < -0.39 is 5.82 Å². The van der Waals surface area contributed by atoms with E-state index in [1.807, 2.05) is 31.3 Å². The Kier molecular flexibility index (Phi) is 6.08. The monoisotopic (exact) mass is 411 g/mol. The summed E-state index contributed by atoms with van der Waals surface area (Å²) >= 11 is 0. The molecule has 1 saturated heterocycles. The lowest BCUT2D eigenvalue weighted by Crippen LogP contribution is -2.46. The number of carbonyl (C=O) groups is 1. The van der Waals surface area contributed by atoms with Gasteiger partial charge in [-0.25, -0.2) is 4.39 Å². The van der Waals surface area contributed by atoms with Crippen LogP contribution >= 0.6 is 0 Å². The van der Waals surface area contributed by atoms with E-state index in [0.29, 0.717) is 17.4 Å². The number of aliphatic hydroxyl groups is 1. The van der Waals surface area contributed by atoms with Gasteiger partial charge in [-0.3, -0.25) is 14.8 Å². The van der Waals surface area contributed by atoms with Crippen LogP contribution in [0, 0.1) is 5.82 Å². The summed E-state index contributed by atoms with van der Waals surface area (Å²) in [5.41, 5.74) is 2.86. The van der Waals surface area contributed by atoms with Gasteiger partial charge in [-0.1, -0.05) is 24.3 Å². The van der Waals surface area contributed by atoms with Gasteiger partial charge < -0.3 is 15.3 Å². The lowest BCUT2D eigenvalue weighted by Gasteiger charge is -2.24. The zero-order chi connectivity index (χ0) is 21.1. The first-order chi connectivity index (χ1) is 14.5. The smallest absolute Gasteiger partial charge is 0.272 e. The van der Waals surface area contributed by atoms with Crippen molar-refractivity contribution in [3.8, 4) is 0 Å². The average Bonchev–Trinajstić information content (AvgIpc) is 3.07. The van der Waals surface area contributed by atoms with Crippen molar-refractivity contribution in [2.24, 2.45) is 0 Å². The summed E-state index contributed by atoms with van der Waals surface area (Å²) in [7, 11) is 2.04. The van der Waals surface area contributed by atoms with Gasteiger partial charge in [-0.2, -0.15) is 5.10 Å². The molecule has 1 atom stereocenters. The molecule has 3 aromatic rings. The molecule has 30 heavy (non-hydrogen) atoms. The maximum absolute atomic E-state index is 13.6. The number of carbonyl (C=O) groups excluding carboxylic acids is 1. The first kappa shape index (κ1) is 20.5. The summed E-state index contributed by atoms with van der Waals surface area (Å²) in [4.78, 5) is 17.4. The Morgan fingerprint density at radius 3 is 2.90 bits per heavy atom. The van der Waals surface area contributed by atoms with E-state index in [9.17, 15) is 14.3 Å². The van der Waals surface area contributed by atoms with E-state index in [1.165, 1.54) is 12.1 Å². The number of nitrogens with one attached hydrogen (secondary N) is 2. The van der Waals surface area contributed by atoms with Crippen LogP contribution < -0.4 is 5.32 Å². The molecule has 7 nitrogen and oxygen atoms in total. The summed E-state index contributed by atoms with van der Waals surface area (Å²) in [6, 6.07) is 12.1. The Balaban J connectivity index is 1.47. The molecule has 8 heteroatoms. The molecular weight excluding hydrogens is 385 g/mol. The molecule has 158 valence electrons. The largest absolute Gasteiger partial charge is 0.392 e. The van der Waals surface area contributed by atoms with E-state index in [4.69, 9.17) is 0 Å². The molecule has 0 radical (unpaired) electrons. The van der Waals surface area contributed by atoms with Crippen molar-refractivity contribution < 1.29 is 14.3 Å². The Labute approximate surface area is 174 Å². The van der Waals surface area contributed by atoms with Gasteiger partial charge in [0.25, 0.3) is 5.91 Å². The molecule has 1 amide bonds. The molecule has 1 aliphatic rings. The van der Waals surface area contributed by atoms with Crippen molar-refractivity contribution in [3.63, 3.8) is 0 Å². The normalized spacial score (nSPS) is 18.4. The van der Waals surface area contributed by atoms with Crippen molar-refractivity contribution in [3.05, 3.63) is 65.1 Å². The molecule has 0 bridgehead atoms. The Morgan fingerprint density at radius 2 is 2.07 bits per heavy atom. The number of hydrogen-bond acceptors (Lipinski definition) is 5. The highest BCUT2D eigenvalue weighted by Gasteiger charge is 2.24. The fourth-order valence-electron chi connectivity index (χ4n) is 3.97. The topological polar surface area (TPSA) is 84.5 Å². The van der Waals surface area contributed by atoms with Crippen LogP contribution in [0.4, 0.5) is 4.39 Å². The standard InChI is InChI=1S/C22H26FN5O2/c1-27-7-8-28(11-15-3-2-4-16(9-15)14-29)13-18(12-27)24-22(30)21-19-10-17(23)5-6-20(19)25-26-21/h2-6,9-10,18,29H,7-8,11-14H2,1H3,(H,24,30)(H,25,26). The third kappa shape index (κ3) is 4.67. The highest BCUT2D eigenvalue weighted by molar-refractivity contribution is 6.04. The number of H-pyrrole nitrogens is 1. The molecule has 1 unspecified atom stereocenters. The van der Waals surface area contributed by atoms with E-state index in [2.05, 4.69) is 25.3 Å². The summed E-state index contributed by atoms with van der Waals surface area (Å²) in [6.07, 6.45) is 0. The number of halogens is 1. The molecule has 3 N–H and O–H groups in total. The highest BCUT2D eigenvalue weighted by atomic mass is 19.1. The number of hydrogen-bond donors (Lipinski definition) is 3. The number of aliphatic hydroxyl groups excluding tert-OH is 1. The zero-order valence-electron chi connectivity index (χ0n) is 16.9. The lowest BCUT2D eigenvalue weighted by atomic mass is 10.1. The van der Waals surface area contributed by atoms with E-state index in [-0.39, 0.29) is 24.2 Å². The number of nitrogens with zero attached hydrogens (tertiary/aromatic N) is 3. The second-order valence-electron chi connectivity index (χ2n) is 7.91. The third-order valence-corrected chi connectivity index (χ3v) is 5.46. The Bertz CT molecular complexity index is 1040. The molecule has 0 aliphatic carbocycles. The maximum Gasteiger partial charge on any atom is 0.272 e. The third-order valence-electron chi connectivity index (χ3n) is 5.46. The predicted octanol–water partition coefficient (Wildman–Crippen LogP) is 1.74. The quantitative estimate of drug-likeness (QED) is 0.596. The van der Waals surface area contributed by atoms with Gasteiger partial charge in [-0.05, 0) is 36.4 Å².